The summed E-state index contributed by atoms with van der Waals surface area (Å²) in [5.74, 6) is -0.169. The monoisotopic (exact) mass is 312 g/mol. The molecule has 0 amide bonds. The van der Waals surface area contributed by atoms with Crippen molar-refractivity contribution in [2.45, 2.75) is 38.4 Å². The summed E-state index contributed by atoms with van der Waals surface area (Å²) in [6.07, 6.45) is 2.33. The molecule has 0 spiro atoms. The van der Waals surface area contributed by atoms with Crippen LogP contribution in [0, 0.1) is 5.82 Å². The molecule has 0 aliphatic carbocycles. The summed E-state index contributed by atoms with van der Waals surface area (Å²) >= 11 is 0. The Morgan fingerprint density at radius 3 is 2.35 bits per heavy atom. The van der Waals surface area contributed by atoms with Crippen LogP contribution in [0.3, 0.4) is 0 Å². The minimum absolute atomic E-state index is 0.169. The van der Waals surface area contributed by atoms with Crippen LogP contribution in [0.4, 0.5) is 4.39 Å². The first-order valence-corrected chi connectivity index (χ1v) is 8.49. The molecule has 1 atom stereocenters. The molecule has 1 unspecified atom stereocenters. The summed E-state index contributed by atoms with van der Waals surface area (Å²) < 4.78 is 12.9. The van der Waals surface area contributed by atoms with Gasteiger partial charge in [0, 0.05) is 31.7 Å². The molecule has 3 heteroatoms. The van der Waals surface area contributed by atoms with Gasteiger partial charge in [0.25, 0.3) is 0 Å². The molecule has 2 nitrogen and oxygen atoms in total. The molecule has 1 N–H and O–H groups in total. The normalized spacial score (nSPS) is 18.0. The first-order valence-electron chi connectivity index (χ1n) is 8.49. The summed E-state index contributed by atoms with van der Waals surface area (Å²) in [5, 5.41) is 3.61. The lowest BCUT2D eigenvalue weighted by molar-refractivity contribution is 0.152. The molecule has 0 bridgehead atoms. The molecule has 0 radical (unpaired) electrons. The van der Waals surface area contributed by atoms with Gasteiger partial charge in [-0.15, -0.1) is 0 Å². The molecule has 1 fully saturated rings. The number of likely N-dealkylation sites (tertiary alicyclic amines) is 1. The molecule has 122 valence electrons. The number of hydrogen-bond acceptors (Lipinski definition) is 2. The van der Waals surface area contributed by atoms with Crippen LogP contribution in [0.2, 0.25) is 0 Å². The molecule has 1 heterocycles. The van der Waals surface area contributed by atoms with E-state index in [1.807, 2.05) is 12.1 Å². The van der Waals surface area contributed by atoms with Crippen molar-refractivity contribution in [3.63, 3.8) is 0 Å². The Labute approximate surface area is 138 Å². The fraction of sp³-hybridized carbons (Fsp3) is 0.400. The van der Waals surface area contributed by atoms with Gasteiger partial charge in [-0.3, -0.25) is 4.90 Å². The summed E-state index contributed by atoms with van der Waals surface area (Å²) in [4.78, 5) is 2.56. The van der Waals surface area contributed by atoms with E-state index in [2.05, 4.69) is 47.5 Å². The number of nitrogens with zero attached hydrogens (tertiary/aromatic N) is 1. The molecular weight excluding hydrogens is 287 g/mol. The van der Waals surface area contributed by atoms with Crippen LogP contribution in [0.25, 0.3) is 0 Å². The quantitative estimate of drug-likeness (QED) is 0.892. The Balaban J connectivity index is 1.46. The van der Waals surface area contributed by atoms with Crippen LogP contribution < -0.4 is 5.32 Å². The topological polar surface area (TPSA) is 15.3 Å². The van der Waals surface area contributed by atoms with E-state index >= 15 is 0 Å². The van der Waals surface area contributed by atoms with Crippen LogP contribution in [0.1, 0.15) is 36.9 Å². The predicted octanol–water partition coefficient (Wildman–Crippen LogP) is 4.14. The van der Waals surface area contributed by atoms with Crippen LogP contribution in [0.15, 0.2) is 54.6 Å². The third kappa shape index (κ3) is 4.40. The van der Waals surface area contributed by atoms with Crippen LogP contribution >= 0.6 is 0 Å². The van der Waals surface area contributed by atoms with Gasteiger partial charge in [-0.05, 0) is 43.0 Å². The zero-order chi connectivity index (χ0) is 16.1. The maximum absolute atomic E-state index is 12.9. The third-order valence-corrected chi connectivity index (χ3v) is 4.87. The molecular formula is C20H25FN2. The van der Waals surface area contributed by atoms with Gasteiger partial charge in [-0.1, -0.05) is 42.5 Å². The SMILES string of the molecule is CC(c1ccccc1)N1CCC(NCc2ccc(F)cc2)CC1. The van der Waals surface area contributed by atoms with Crippen molar-refractivity contribution in [2.24, 2.45) is 0 Å². The van der Waals surface area contributed by atoms with E-state index in [-0.39, 0.29) is 5.82 Å². The number of halogens is 1. The van der Waals surface area contributed by atoms with Crippen molar-refractivity contribution in [3.05, 3.63) is 71.5 Å². The van der Waals surface area contributed by atoms with E-state index in [0.29, 0.717) is 12.1 Å². The van der Waals surface area contributed by atoms with Gasteiger partial charge in [0.1, 0.15) is 5.82 Å². The number of hydrogen-bond donors (Lipinski definition) is 1. The minimum Gasteiger partial charge on any atom is -0.310 e. The van der Waals surface area contributed by atoms with E-state index in [0.717, 1.165) is 25.2 Å². The summed E-state index contributed by atoms with van der Waals surface area (Å²) in [6.45, 7) is 5.36. The standard InChI is InChI=1S/C20H25FN2/c1-16(18-5-3-2-4-6-18)23-13-11-20(12-14-23)22-15-17-7-9-19(21)10-8-17/h2-10,16,20,22H,11-15H2,1H3. The highest BCUT2D eigenvalue weighted by molar-refractivity contribution is 5.18. The molecule has 1 aliphatic heterocycles. The third-order valence-electron chi connectivity index (χ3n) is 4.87. The van der Waals surface area contributed by atoms with Crippen molar-refractivity contribution in [2.75, 3.05) is 13.1 Å². The molecule has 23 heavy (non-hydrogen) atoms. The lowest BCUT2D eigenvalue weighted by atomic mass is 10.00. The fourth-order valence-corrected chi connectivity index (χ4v) is 3.30. The van der Waals surface area contributed by atoms with Gasteiger partial charge in [-0.25, -0.2) is 4.39 Å². The average Bonchev–Trinajstić information content (AvgIpc) is 2.62. The highest BCUT2D eigenvalue weighted by Gasteiger charge is 2.23. The molecule has 3 rings (SSSR count). The van der Waals surface area contributed by atoms with Crippen molar-refractivity contribution in [1.29, 1.82) is 0 Å². The number of rotatable bonds is 5. The van der Waals surface area contributed by atoms with E-state index < -0.39 is 0 Å². The van der Waals surface area contributed by atoms with Gasteiger partial charge >= 0.3 is 0 Å². The first kappa shape index (κ1) is 16.2. The highest BCUT2D eigenvalue weighted by atomic mass is 19.1. The number of piperidine rings is 1. The van der Waals surface area contributed by atoms with Crippen LogP contribution in [0.5, 0.6) is 0 Å². The van der Waals surface area contributed by atoms with Gasteiger partial charge in [0.15, 0.2) is 0 Å². The largest absolute Gasteiger partial charge is 0.310 e. The van der Waals surface area contributed by atoms with Gasteiger partial charge in [0.2, 0.25) is 0 Å². The van der Waals surface area contributed by atoms with Gasteiger partial charge in [0.05, 0.1) is 0 Å². The molecule has 0 aromatic heterocycles. The fourth-order valence-electron chi connectivity index (χ4n) is 3.30. The highest BCUT2D eigenvalue weighted by Crippen LogP contribution is 2.24. The second-order valence-corrected chi connectivity index (χ2v) is 6.40. The summed E-state index contributed by atoms with van der Waals surface area (Å²) in [5.41, 5.74) is 2.54. The zero-order valence-corrected chi connectivity index (χ0v) is 13.7. The Kier molecular flexibility index (Phi) is 5.42. The molecule has 2 aromatic carbocycles. The van der Waals surface area contributed by atoms with Crippen LogP contribution in [-0.4, -0.2) is 24.0 Å². The number of benzene rings is 2. The van der Waals surface area contributed by atoms with Crippen molar-refractivity contribution < 1.29 is 4.39 Å². The van der Waals surface area contributed by atoms with E-state index in [9.17, 15) is 4.39 Å². The lowest BCUT2D eigenvalue weighted by Gasteiger charge is -2.36. The van der Waals surface area contributed by atoms with E-state index in [1.165, 1.54) is 30.5 Å². The molecule has 0 saturated carbocycles. The Morgan fingerprint density at radius 2 is 1.70 bits per heavy atom. The molecule has 1 aliphatic rings. The maximum atomic E-state index is 12.9. The van der Waals surface area contributed by atoms with E-state index in [1.54, 1.807) is 0 Å². The smallest absolute Gasteiger partial charge is 0.123 e. The minimum atomic E-state index is -0.169. The Morgan fingerprint density at radius 1 is 1.04 bits per heavy atom. The van der Waals surface area contributed by atoms with Crippen molar-refractivity contribution in [1.82, 2.24) is 10.2 Å². The maximum Gasteiger partial charge on any atom is 0.123 e. The molecule has 1 saturated heterocycles. The van der Waals surface area contributed by atoms with Crippen molar-refractivity contribution in [3.8, 4) is 0 Å². The first-order chi connectivity index (χ1) is 11.2. The Hall–Kier alpha value is -1.71. The second kappa shape index (κ2) is 7.71. The van der Waals surface area contributed by atoms with E-state index in [4.69, 9.17) is 0 Å². The zero-order valence-electron chi connectivity index (χ0n) is 13.7. The lowest BCUT2D eigenvalue weighted by Crippen LogP contribution is -2.43. The van der Waals surface area contributed by atoms with Crippen molar-refractivity contribution >= 4 is 0 Å². The second-order valence-electron chi connectivity index (χ2n) is 6.40. The predicted molar refractivity (Wildman–Crippen MR) is 92.7 cm³/mol. The van der Waals surface area contributed by atoms with Crippen LogP contribution in [-0.2, 0) is 6.54 Å². The average molecular weight is 312 g/mol. The summed E-state index contributed by atoms with van der Waals surface area (Å²) in [6, 6.07) is 18.5. The van der Waals surface area contributed by atoms with Gasteiger partial charge in [-0.2, -0.15) is 0 Å². The van der Waals surface area contributed by atoms with Gasteiger partial charge < -0.3 is 5.32 Å². The number of nitrogens with one attached hydrogen (secondary N) is 1. The summed E-state index contributed by atoms with van der Waals surface area (Å²) in [7, 11) is 0. The Bertz CT molecular complexity index is 589. The molecule has 2 aromatic rings.